The minimum Gasteiger partial charge on any atom is -0.339 e. The van der Waals surface area contributed by atoms with Crippen LogP contribution in [-0.4, -0.2) is 30.9 Å². The molecule has 0 aromatic heterocycles. The number of benzene rings is 1. The summed E-state index contributed by atoms with van der Waals surface area (Å²) in [5.41, 5.74) is 0.953. The maximum atomic E-state index is 12.8. The van der Waals surface area contributed by atoms with Crippen LogP contribution in [0.1, 0.15) is 18.5 Å². The summed E-state index contributed by atoms with van der Waals surface area (Å²) >= 11 is 0. The molecule has 1 aromatic carbocycles. The topological polar surface area (TPSA) is 32.3 Å². The van der Waals surface area contributed by atoms with Gasteiger partial charge in [0.2, 0.25) is 5.91 Å². The molecular weight excluding hydrogens is 255 g/mol. The van der Waals surface area contributed by atoms with Crippen LogP contribution < -0.4 is 5.32 Å². The Balaban J connectivity index is 0.00000162. The molecule has 1 saturated heterocycles. The first-order valence-electron chi connectivity index (χ1n) is 5.82. The lowest BCUT2D eigenvalue weighted by Crippen LogP contribution is -2.51. The number of hydrogen-bond acceptors (Lipinski definition) is 2. The highest BCUT2D eigenvalue weighted by Gasteiger charge is 2.29. The van der Waals surface area contributed by atoms with Crippen molar-refractivity contribution < 1.29 is 9.18 Å². The Labute approximate surface area is 113 Å². The molecule has 0 bridgehead atoms. The minimum atomic E-state index is -0.252. The summed E-state index contributed by atoms with van der Waals surface area (Å²) in [5, 5.41) is 3.09. The molecule has 1 aliphatic rings. The summed E-state index contributed by atoms with van der Waals surface area (Å²) in [5.74, 6) is 0.00148. The second kappa shape index (κ2) is 6.16. The predicted octanol–water partition coefficient (Wildman–Crippen LogP) is 1.99. The maximum absolute atomic E-state index is 12.8. The van der Waals surface area contributed by atoms with E-state index in [-0.39, 0.29) is 36.1 Å². The minimum absolute atomic E-state index is 0. The van der Waals surface area contributed by atoms with Crippen LogP contribution in [-0.2, 0) is 4.79 Å². The van der Waals surface area contributed by atoms with Crippen molar-refractivity contribution in [2.45, 2.75) is 13.0 Å². The largest absolute Gasteiger partial charge is 0.339 e. The lowest BCUT2D eigenvalue weighted by molar-refractivity contribution is -0.137. The van der Waals surface area contributed by atoms with E-state index in [9.17, 15) is 9.18 Å². The first-order valence-corrected chi connectivity index (χ1v) is 5.82. The molecule has 18 heavy (non-hydrogen) atoms. The molecule has 100 valence electrons. The van der Waals surface area contributed by atoms with Gasteiger partial charge in [-0.3, -0.25) is 4.79 Å². The van der Waals surface area contributed by atoms with Gasteiger partial charge in [0.25, 0.3) is 0 Å². The second-order valence-corrected chi connectivity index (χ2v) is 4.53. The summed E-state index contributed by atoms with van der Waals surface area (Å²) < 4.78 is 12.8. The number of carbonyl (C=O) groups is 1. The number of nitrogens with one attached hydrogen (secondary N) is 1. The standard InChI is InChI=1S/C13H17FN2O.ClH/c1-9(10-3-5-12(14)6-4-10)16(2)13(17)11-7-15-8-11;/h3-6,9,11,15H,7-8H2,1-2H3;1H. The summed E-state index contributed by atoms with van der Waals surface area (Å²) in [7, 11) is 1.80. The van der Waals surface area contributed by atoms with Crippen molar-refractivity contribution in [1.29, 1.82) is 0 Å². The fourth-order valence-corrected chi connectivity index (χ4v) is 1.91. The molecule has 1 aromatic rings. The van der Waals surface area contributed by atoms with Crippen LogP contribution >= 0.6 is 12.4 Å². The lowest BCUT2D eigenvalue weighted by Gasteiger charge is -2.33. The number of hydrogen-bond donors (Lipinski definition) is 1. The van der Waals surface area contributed by atoms with Crippen molar-refractivity contribution in [2.75, 3.05) is 20.1 Å². The monoisotopic (exact) mass is 272 g/mol. The van der Waals surface area contributed by atoms with Crippen molar-refractivity contribution in [1.82, 2.24) is 10.2 Å². The molecular formula is C13H18ClFN2O. The lowest BCUT2D eigenvalue weighted by atomic mass is 9.99. The Morgan fingerprint density at radius 3 is 2.39 bits per heavy atom. The third kappa shape index (κ3) is 3.00. The molecule has 3 nitrogen and oxygen atoms in total. The molecule has 0 aliphatic carbocycles. The van der Waals surface area contributed by atoms with E-state index in [0.717, 1.165) is 18.7 Å². The highest BCUT2D eigenvalue weighted by Crippen LogP contribution is 2.21. The van der Waals surface area contributed by atoms with Gasteiger partial charge in [0, 0.05) is 20.1 Å². The molecule has 1 N–H and O–H groups in total. The van der Waals surface area contributed by atoms with Gasteiger partial charge in [0.1, 0.15) is 5.82 Å². The molecule has 1 unspecified atom stereocenters. The number of halogens is 2. The van der Waals surface area contributed by atoms with Gasteiger partial charge in [0.15, 0.2) is 0 Å². The highest BCUT2D eigenvalue weighted by molar-refractivity contribution is 5.85. The second-order valence-electron chi connectivity index (χ2n) is 4.53. The van der Waals surface area contributed by atoms with E-state index in [4.69, 9.17) is 0 Å². The summed E-state index contributed by atoms with van der Waals surface area (Å²) in [6.45, 7) is 3.48. The Hall–Kier alpha value is -1.13. The Morgan fingerprint density at radius 2 is 1.94 bits per heavy atom. The van der Waals surface area contributed by atoms with E-state index in [1.165, 1.54) is 12.1 Å². The van der Waals surface area contributed by atoms with E-state index in [1.54, 1.807) is 24.1 Å². The van der Waals surface area contributed by atoms with Gasteiger partial charge in [-0.2, -0.15) is 0 Å². The molecule has 5 heteroatoms. The van der Waals surface area contributed by atoms with Gasteiger partial charge in [-0.25, -0.2) is 4.39 Å². The van der Waals surface area contributed by atoms with E-state index < -0.39 is 0 Å². The molecule has 0 saturated carbocycles. The SMILES string of the molecule is CC(c1ccc(F)cc1)N(C)C(=O)C1CNC1.Cl. The third-order valence-corrected chi connectivity index (χ3v) is 3.41. The summed E-state index contributed by atoms with van der Waals surface area (Å²) in [4.78, 5) is 13.8. The molecule has 1 amide bonds. The van der Waals surface area contributed by atoms with E-state index in [1.807, 2.05) is 6.92 Å². The molecule has 1 atom stereocenters. The Bertz CT molecular complexity index is 406. The van der Waals surface area contributed by atoms with Crippen LogP contribution in [0.4, 0.5) is 4.39 Å². The molecule has 2 rings (SSSR count). The zero-order valence-corrected chi connectivity index (χ0v) is 11.3. The fourth-order valence-electron chi connectivity index (χ4n) is 1.91. The van der Waals surface area contributed by atoms with Crippen molar-refractivity contribution in [3.63, 3.8) is 0 Å². The van der Waals surface area contributed by atoms with Crippen LogP contribution in [0.2, 0.25) is 0 Å². The number of nitrogens with zero attached hydrogens (tertiary/aromatic N) is 1. The Kier molecular flexibility index (Phi) is 5.11. The van der Waals surface area contributed by atoms with Gasteiger partial charge in [-0.05, 0) is 24.6 Å². The van der Waals surface area contributed by atoms with E-state index in [2.05, 4.69) is 5.32 Å². The number of rotatable bonds is 3. The first kappa shape index (κ1) is 14.9. The third-order valence-electron chi connectivity index (χ3n) is 3.41. The fraction of sp³-hybridized carbons (Fsp3) is 0.462. The molecule has 1 aliphatic heterocycles. The zero-order valence-electron chi connectivity index (χ0n) is 10.5. The van der Waals surface area contributed by atoms with Crippen molar-refractivity contribution in [3.05, 3.63) is 35.6 Å². The quantitative estimate of drug-likeness (QED) is 0.913. The van der Waals surface area contributed by atoms with E-state index in [0.29, 0.717) is 0 Å². The molecule has 1 fully saturated rings. The first-order chi connectivity index (χ1) is 8.09. The molecule has 0 spiro atoms. The van der Waals surface area contributed by atoms with E-state index >= 15 is 0 Å². The zero-order chi connectivity index (χ0) is 12.4. The normalized spacial score (nSPS) is 16.4. The van der Waals surface area contributed by atoms with Gasteiger partial charge in [0.05, 0.1) is 12.0 Å². The Morgan fingerprint density at radius 1 is 1.39 bits per heavy atom. The van der Waals surface area contributed by atoms with Crippen molar-refractivity contribution in [2.24, 2.45) is 5.92 Å². The predicted molar refractivity (Wildman–Crippen MR) is 71.2 cm³/mol. The highest BCUT2D eigenvalue weighted by atomic mass is 35.5. The van der Waals surface area contributed by atoms with Crippen LogP contribution in [0.15, 0.2) is 24.3 Å². The van der Waals surface area contributed by atoms with Gasteiger partial charge in [-0.15, -0.1) is 12.4 Å². The van der Waals surface area contributed by atoms with Crippen LogP contribution in [0, 0.1) is 11.7 Å². The summed E-state index contributed by atoms with van der Waals surface area (Å²) in [6.07, 6.45) is 0. The van der Waals surface area contributed by atoms with Crippen LogP contribution in [0.5, 0.6) is 0 Å². The maximum Gasteiger partial charge on any atom is 0.228 e. The van der Waals surface area contributed by atoms with Crippen molar-refractivity contribution in [3.8, 4) is 0 Å². The van der Waals surface area contributed by atoms with Gasteiger partial charge < -0.3 is 10.2 Å². The van der Waals surface area contributed by atoms with Gasteiger partial charge >= 0.3 is 0 Å². The summed E-state index contributed by atoms with van der Waals surface area (Å²) in [6, 6.07) is 6.28. The number of amides is 1. The average molecular weight is 273 g/mol. The van der Waals surface area contributed by atoms with Crippen LogP contribution in [0.3, 0.4) is 0 Å². The molecule has 0 radical (unpaired) electrons. The van der Waals surface area contributed by atoms with Gasteiger partial charge in [-0.1, -0.05) is 12.1 Å². The molecule has 1 heterocycles. The van der Waals surface area contributed by atoms with Crippen molar-refractivity contribution >= 4 is 18.3 Å². The average Bonchev–Trinajstić information content (AvgIpc) is 2.25. The smallest absolute Gasteiger partial charge is 0.228 e. The number of carbonyl (C=O) groups excluding carboxylic acids is 1. The van der Waals surface area contributed by atoms with Crippen LogP contribution in [0.25, 0.3) is 0 Å².